The van der Waals surface area contributed by atoms with Gasteiger partial charge in [0.25, 0.3) is 10.0 Å². The highest BCUT2D eigenvalue weighted by atomic mass is 32.2. The number of unbranched alkanes of at least 4 members (excludes halogenated alkanes) is 2. The molecule has 0 fully saturated rings. The smallest absolute Gasteiger partial charge is 0.265 e. The van der Waals surface area contributed by atoms with Crippen molar-refractivity contribution >= 4 is 15.7 Å². The van der Waals surface area contributed by atoms with Crippen LogP contribution in [0, 0.1) is 18.8 Å². The van der Waals surface area contributed by atoms with Crippen LogP contribution in [-0.2, 0) is 10.0 Å². The number of benzene rings is 2. The first-order valence-electron chi connectivity index (χ1n) is 9.20. The van der Waals surface area contributed by atoms with E-state index in [0.717, 1.165) is 24.8 Å². The maximum absolute atomic E-state index is 13.3. The minimum absolute atomic E-state index is 0.0518. The molecule has 2 rings (SSSR count). The van der Waals surface area contributed by atoms with Gasteiger partial charge >= 0.3 is 0 Å². The Morgan fingerprint density at radius 1 is 0.964 bits per heavy atom. The monoisotopic (exact) mass is 401 g/mol. The SMILES string of the molecule is CCCCC#CCN(c1cc(OC)cc(OC)c1)S(=O)(=O)c1ccc(C)cc1. The number of hydrogen-bond acceptors (Lipinski definition) is 4. The third-order valence-corrected chi connectivity index (χ3v) is 6.02. The van der Waals surface area contributed by atoms with Gasteiger partial charge in [-0.3, -0.25) is 4.31 Å². The molecule has 0 unspecified atom stereocenters. The van der Waals surface area contributed by atoms with Crippen LogP contribution in [0.15, 0.2) is 47.4 Å². The summed E-state index contributed by atoms with van der Waals surface area (Å²) in [5.41, 5.74) is 1.44. The normalized spacial score (nSPS) is 10.7. The van der Waals surface area contributed by atoms with Crippen molar-refractivity contribution in [1.82, 2.24) is 0 Å². The maximum Gasteiger partial charge on any atom is 0.265 e. The van der Waals surface area contributed by atoms with Crippen LogP contribution in [0.1, 0.15) is 31.7 Å². The lowest BCUT2D eigenvalue weighted by Crippen LogP contribution is -2.31. The number of sulfonamides is 1. The molecule has 0 aliphatic heterocycles. The van der Waals surface area contributed by atoms with Gasteiger partial charge in [-0.05, 0) is 25.5 Å². The molecule has 0 saturated heterocycles. The summed E-state index contributed by atoms with van der Waals surface area (Å²) in [5.74, 6) is 7.08. The molecule has 2 aromatic rings. The van der Waals surface area contributed by atoms with Crippen LogP contribution >= 0.6 is 0 Å². The van der Waals surface area contributed by atoms with Crippen LogP contribution in [0.5, 0.6) is 11.5 Å². The predicted octanol–water partition coefficient (Wildman–Crippen LogP) is 4.40. The molecule has 0 heterocycles. The Morgan fingerprint density at radius 3 is 2.11 bits per heavy atom. The standard InChI is InChI=1S/C22H27NO4S/c1-5-6-7-8-9-14-23(19-15-20(26-3)17-21(16-19)27-4)28(24,25)22-12-10-18(2)11-13-22/h10-13,15-17H,5-7,14H2,1-4H3. The first-order chi connectivity index (χ1) is 13.4. The quantitative estimate of drug-likeness (QED) is 0.486. The van der Waals surface area contributed by atoms with Crippen molar-refractivity contribution in [3.63, 3.8) is 0 Å². The highest BCUT2D eigenvalue weighted by Gasteiger charge is 2.25. The van der Waals surface area contributed by atoms with Crippen LogP contribution in [0.3, 0.4) is 0 Å². The van der Waals surface area contributed by atoms with Gasteiger partial charge in [-0.15, -0.1) is 5.92 Å². The van der Waals surface area contributed by atoms with Gasteiger partial charge in [-0.1, -0.05) is 37.0 Å². The highest BCUT2D eigenvalue weighted by molar-refractivity contribution is 7.92. The molecule has 0 saturated carbocycles. The van der Waals surface area contributed by atoms with Crippen molar-refractivity contribution in [2.24, 2.45) is 0 Å². The van der Waals surface area contributed by atoms with E-state index >= 15 is 0 Å². The van der Waals surface area contributed by atoms with Gasteiger partial charge in [0, 0.05) is 24.6 Å². The molecule has 0 aromatic heterocycles. The van der Waals surface area contributed by atoms with E-state index < -0.39 is 10.0 Å². The lowest BCUT2D eigenvalue weighted by molar-refractivity contribution is 0.394. The van der Waals surface area contributed by atoms with E-state index in [1.54, 1.807) is 42.5 Å². The Bertz CT molecular complexity index is 918. The molecule has 0 spiro atoms. The molecular weight excluding hydrogens is 374 g/mol. The van der Waals surface area contributed by atoms with Crippen LogP contribution in [-0.4, -0.2) is 29.2 Å². The minimum atomic E-state index is -3.79. The van der Waals surface area contributed by atoms with Crippen molar-refractivity contribution in [3.8, 4) is 23.3 Å². The zero-order valence-electron chi connectivity index (χ0n) is 16.9. The summed E-state index contributed by atoms with van der Waals surface area (Å²) in [5, 5.41) is 0. The van der Waals surface area contributed by atoms with Crippen molar-refractivity contribution < 1.29 is 17.9 Å². The molecule has 0 aliphatic rings. The molecular formula is C22H27NO4S. The zero-order chi connectivity index (χ0) is 20.6. The van der Waals surface area contributed by atoms with Gasteiger partial charge in [0.2, 0.25) is 0 Å². The fraction of sp³-hybridized carbons (Fsp3) is 0.364. The van der Waals surface area contributed by atoms with Crippen LogP contribution < -0.4 is 13.8 Å². The first kappa shape index (κ1) is 21.6. The molecule has 6 heteroatoms. The average Bonchev–Trinajstić information content (AvgIpc) is 2.70. The van der Waals surface area contributed by atoms with Gasteiger partial charge in [0.15, 0.2) is 0 Å². The average molecular weight is 402 g/mol. The summed E-state index contributed by atoms with van der Waals surface area (Å²) in [6.07, 6.45) is 2.79. The van der Waals surface area contributed by atoms with Crippen LogP contribution in [0.4, 0.5) is 5.69 Å². The van der Waals surface area contributed by atoms with Crippen LogP contribution in [0.2, 0.25) is 0 Å². The highest BCUT2D eigenvalue weighted by Crippen LogP contribution is 2.31. The fourth-order valence-electron chi connectivity index (χ4n) is 2.57. The summed E-state index contributed by atoms with van der Waals surface area (Å²) in [7, 11) is -0.735. The number of methoxy groups -OCH3 is 2. The van der Waals surface area contributed by atoms with E-state index in [1.165, 1.54) is 18.5 Å². The first-order valence-corrected chi connectivity index (χ1v) is 10.6. The number of ether oxygens (including phenoxy) is 2. The Morgan fingerprint density at radius 2 is 1.57 bits per heavy atom. The molecule has 150 valence electrons. The van der Waals surface area contributed by atoms with Crippen molar-refractivity contribution in [2.75, 3.05) is 25.1 Å². The second-order valence-corrected chi connectivity index (χ2v) is 8.22. The number of nitrogens with zero attached hydrogens (tertiary/aromatic N) is 1. The molecule has 2 aromatic carbocycles. The maximum atomic E-state index is 13.3. The molecule has 0 radical (unpaired) electrons. The Kier molecular flexibility index (Phi) is 7.77. The summed E-state index contributed by atoms with van der Waals surface area (Å²) >= 11 is 0. The van der Waals surface area contributed by atoms with Crippen molar-refractivity contribution in [1.29, 1.82) is 0 Å². The van der Waals surface area contributed by atoms with Gasteiger partial charge < -0.3 is 9.47 Å². The Balaban J connectivity index is 2.50. The van der Waals surface area contributed by atoms with E-state index in [4.69, 9.17) is 9.47 Å². The predicted molar refractivity (Wildman–Crippen MR) is 113 cm³/mol. The third kappa shape index (κ3) is 5.43. The van der Waals surface area contributed by atoms with Gasteiger partial charge in [0.1, 0.15) is 11.5 Å². The second-order valence-electron chi connectivity index (χ2n) is 6.35. The largest absolute Gasteiger partial charge is 0.497 e. The molecule has 0 bridgehead atoms. The van der Waals surface area contributed by atoms with Crippen molar-refractivity contribution in [3.05, 3.63) is 48.0 Å². The number of hydrogen-bond donors (Lipinski definition) is 0. The molecule has 28 heavy (non-hydrogen) atoms. The van der Waals surface area contributed by atoms with E-state index in [9.17, 15) is 8.42 Å². The Hall–Kier alpha value is -2.65. The number of anilines is 1. The van der Waals surface area contributed by atoms with E-state index in [1.807, 2.05) is 6.92 Å². The number of aryl methyl sites for hydroxylation is 1. The Labute approximate surface area is 168 Å². The molecule has 5 nitrogen and oxygen atoms in total. The molecule has 0 amide bonds. The van der Waals surface area contributed by atoms with E-state index in [0.29, 0.717) is 17.2 Å². The summed E-state index contributed by atoms with van der Waals surface area (Å²) in [6, 6.07) is 11.8. The van der Waals surface area contributed by atoms with Gasteiger partial charge in [-0.2, -0.15) is 0 Å². The topological polar surface area (TPSA) is 55.8 Å². The summed E-state index contributed by atoms with van der Waals surface area (Å²) in [6.45, 7) is 4.06. The zero-order valence-corrected chi connectivity index (χ0v) is 17.7. The molecule has 0 N–H and O–H groups in total. The lowest BCUT2D eigenvalue weighted by Gasteiger charge is -2.23. The van der Waals surface area contributed by atoms with E-state index in [-0.39, 0.29) is 11.4 Å². The van der Waals surface area contributed by atoms with E-state index in [2.05, 4.69) is 18.8 Å². The second kappa shape index (κ2) is 10.0. The van der Waals surface area contributed by atoms with Crippen molar-refractivity contribution in [2.45, 2.75) is 38.0 Å². The lowest BCUT2D eigenvalue weighted by atomic mass is 10.2. The summed E-state index contributed by atoms with van der Waals surface area (Å²) in [4.78, 5) is 0.218. The number of rotatable bonds is 8. The minimum Gasteiger partial charge on any atom is -0.497 e. The third-order valence-electron chi connectivity index (χ3n) is 4.24. The summed E-state index contributed by atoms with van der Waals surface area (Å²) < 4.78 is 38.6. The van der Waals surface area contributed by atoms with Crippen LogP contribution in [0.25, 0.3) is 0 Å². The van der Waals surface area contributed by atoms with Gasteiger partial charge in [-0.25, -0.2) is 8.42 Å². The fourth-order valence-corrected chi connectivity index (χ4v) is 3.92. The molecule has 0 aliphatic carbocycles. The molecule has 0 atom stereocenters. The van der Waals surface area contributed by atoms with Gasteiger partial charge in [0.05, 0.1) is 31.3 Å².